The van der Waals surface area contributed by atoms with Crippen LogP contribution in [0.1, 0.15) is 11.1 Å². The van der Waals surface area contributed by atoms with Gasteiger partial charge in [0.1, 0.15) is 6.04 Å². The number of rotatable bonds is 2. The molecule has 2 N–H and O–H groups in total. The number of halogens is 3. The van der Waals surface area contributed by atoms with E-state index in [2.05, 4.69) is 10.7 Å². The van der Waals surface area contributed by atoms with Crippen molar-refractivity contribution in [1.82, 2.24) is 10.4 Å². The van der Waals surface area contributed by atoms with Gasteiger partial charge >= 0.3 is 6.18 Å². The highest BCUT2D eigenvalue weighted by Gasteiger charge is 2.45. The molecule has 25 heavy (non-hydrogen) atoms. The van der Waals surface area contributed by atoms with Crippen LogP contribution in [0.2, 0.25) is 0 Å². The third-order valence-electron chi connectivity index (χ3n) is 4.33. The highest BCUT2D eigenvalue weighted by molar-refractivity contribution is 5.99. The molecule has 130 valence electrons. The van der Waals surface area contributed by atoms with Crippen molar-refractivity contribution < 1.29 is 22.7 Å². The average Bonchev–Trinajstić information content (AvgIpc) is 3.15. The summed E-state index contributed by atoms with van der Waals surface area (Å²) in [6.07, 6.45) is 0.307. The fourth-order valence-corrected chi connectivity index (χ4v) is 3.15. The third kappa shape index (κ3) is 2.58. The largest absolute Gasteiger partial charge is 0.481 e. The summed E-state index contributed by atoms with van der Waals surface area (Å²) in [4.78, 5) is 11.5. The number of methoxy groups -OCH3 is 1. The molecule has 3 aliphatic heterocycles. The Labute approximate surface area is 141 Å². The highest BCUT2D eigenvalue weighted by Crippen LogP contribution is 2.39. The fourth-order valence-electron chi connectivity index (χ4n) is 3.15. The average molecular weight is 349 g/mol. The molecular formula is C17H14F3N3O2. The van der Waals surface area contributed by atoms with Crippen LogP contribution in [0, 0.1) is 0 Å². The Bertz CT molecular complexity index is 855. The van der Waals surface area contributed by atoms with Gasteiger partial charge in [-0.25, -0.2) is 10.4 Å². The van der Waals surface area contributed by atoms with E-state index < -0.39 is 12.2 Å². The standard InChI is InChI=1S/C17H14F3N3O2/c1-25-16-5-3-11(13-8-14(17(18,19)20)22-23(13)16)9-2-4-12-10(6-9)7-15(24)21-12/h2-6,8,14,22H,7H2,1H3,(H,21,24). The summed E-state index contributed by atoms with van der Waals surface area (Å²) in [7, 11) is 1.40. The number of carbonyl (C=O) groups is 1. The van der Waals surface area contributed by atoms with Gasteiger partial charge in [-0.15, -0.1) is 0 Å². The lowest BCUT2D eigenvalue weighted by Crippen LogP contribution is -2.44. The topological polar surface area (TPSA) is 53.6 Å². The van der Waals surface area contributed by atoms with E-state index >= 15 is 0 Å². The Morgan fingerprint density at radius 2 is 2.08 bits per heavy atom. The molecule has 3 heterocycles. The minimum atomic E-state index is -4.41. The molecule has 0 bridgehead atoms. The Hall–Kier alpha value is -2.74. The van der Waals surface area contributed by atoms with Gasteiger partial charge in [-0.3, -0.25) is 4.79 Å². The van der Waals surface area contributed by atoms with Crippen molar-refractivity contribution in [2.24, 2.45) is 0 Å². The number of benzene rings is 1. The summed E-state index contributed by atoms with van der Waals surface area (Å²) in [5, 5.41) is 4.04. The number of hydrogen-bond donors (Lipinski definition) is 2. The van der Waals surface area contributed by atoms with Crippen molar-refractivity contribution >= 4 is 17.2 Å². The zero-order valence-electron chi connectivity index (χ0n) is 13.1. The Kier molecular flexibility index (Phi) is 3.40. The SMILES string of the molecule is COC1=CC=C(c2ccc3c(c2)CC(=O)N3)C2=CC(C(F)(F)F)NN12. The monoisotopic (exact) mass is 349 g/mol. The van der Waals surface area contributed by atoms with Gasteiger partial charge in [0.15, 0.2) is 0 Å². The molecule has 0 fully saturated rings. The number of nitrogens with zero attached hydrogens (tertiary/aromatic N) is 1. The summed E-state index contributed by atoms with van der Waals surface area (Å²) in [5.41, 5.74) is 5.71. The van der Waals surface area contributed by atoms with Crippen LogP contribution in [0.3, 0.4) is 0 Å². The molecule has 0 saturated heterocycles. The fraction of sp³-hybridized carbons (Fsp3) is 0.235. The van der Waals surface area contributed by atoms with Crippen LogP contribution in [0.5, 0.6) is 0 Å². The number of anilines is 1. The van der Waals surface area contributed by atoms with Crippen molar-refractivity contribution in [3.63, 3.8) is 0 Å². The van der Waals surface area contributed by atoms with Crippen LogP contribution >= 0.6 is 0 Å². The van der Waals surface area contributed by atoms with Gasteiger partial charge < -0.3 is 10.1 Å². The van der Waals surface area contributed by atoms with Crippen LogP contribution < -0.4 is 10.7 Å². The van der Waals surface area contributed by atoms with Crippen molar-refractivity contribution in [1.29, 1.82) is 0 Å². The molecule has 0 aliphatic carbocycles. The van der Waals surface area contributed by atoms with E-state index in [1.807, 2.05) is 6.07 Å². The van der Waals surface area contributed by atoms with Crippen molar-refractivity contribution in [2.75, 3.05) is 12.4 Å². The predicted octanol–water partition coefficient (Wildman–Crippen LogP) is 2.70. The van der Waals surface area contributed by atoms with Gasteiger partial charge in [-0.2, -0.15) is 13.2 Å². The molecule has 3 aliphatic rings. The van der Waals surface area contributed by atoms with Gasteiger partial charge in [0.05, 0.1) is 19.2 Å². The van der Waals surface area contributed by atoms with Gasteiger partial charge in [-0.1, -0.05) is 6.07 Å². The van der Waals surface area contributed by atoms with Gasteiger partial charge in [0, 0.05) is 17.3 Å². The maximum absolute atomic E-state index is 13.1. The molecule has 1 atom stereocenters. The van der Waals surface area contributed by atoms with E-state index in [0.29, 0.717) is 11.3 Å². The zero-order valence-corrected chi connectivity index (χ0v) is 13.1. The summed E-state index contributed by atoms with van der Waals surface area (Å²) in [6.45, 7) is 0. The van der Waals surface area contributed by atoms with Gasteiger partial charge in [0.25, 0.3) is 0 Å². The van der Waals surface area contributed by atoms with Crippen LogP contribution in [0.4, 0.5) is 18.9 Å². The number of alkyl halides is 3. The van der Waals surface area contributed by atoms with Crippen LogP contribution in [0.15, 0.2) is 48.0 Å². The lowest BCUT2D eigenvalue weighted by Gasteiger charge is -2.29. The normalized spacial score (nSPS) is 21.9. The van der Waals surface area contributed by atoms with Gasteiger partial charge in [-0.05, 0) is 35.4 Å². The molecule has 5 nitrogen and oxygen atoms in total. The first-order valence-electron chi connectivity index (χ1n) is 7.61. The molecule has 1 aromatic rings. The minimum Gasteiger partial charge on any atom is -0.481 e. The second-order valence-corrected chi connectivity index (χ2v) is 5.92. The Morgan fingerprint density at radius 3 is 2.80 bits per heavy atom. The molecule has 4 rings (SSSR count). The summed E-state index contributed by atoms with van der Waals surface area (Å²) in [5.74, 6) is 0.187. The zero-order chi connectivity index (χ0) is 17.8. The summed E-state index contributed by atoms with van der Waals surface area (Å²) in [6, 6.07) is 3.58. The van der Waals surface area contributed by atoms with E-state index in [9.17, 15) is 18.0 Å². The van der Waals surface area contributed by atoms with E-state index in [1.165, 1.54) is 12.1 Å². The number of allylic oxidation sites excluding steroid dienone is 3. The first-order valence-corrected chi connectivity index (χ1v) is 7.61. The quantitative estimate of drug-likeness (QED) is 0.862. The van der Waals surface area contributed by atoms with Crippen molar-refractivity contribution in [2.45, 2.75) is 18.6 Å². The maximum atomic E-state index is 13.1. The number of nitrogens with one attached hydrogen (secondary N) is 2. The number of carbonyl (C=O) groups excluding carboxylic acids is 1. The minimum absolute atomic E-state index is 0.0909. The van der Waals surface area contributed by atoms with Crippen molar-refractivity contribution in [3.05, 3.63) is 59.1 Å². The number of fused-ring (bicyclic) bond motifs is 2. The number of hydrogen-bond acceptors (Lipinski definition) is 4. The third-order valence-corrected chi connectivity index (χ3v) is 4.33. The number of hydrazine groups is 1. The lowest BCUT2D eigenvalue weighted by atomic mass is 9.97. The second kappa shape index (κ2) is 5.38. The van der Waals surface area contributed by atoms with E-state index in [-0.39, 0.29) is 18.2 Å². The summed E-state index contributed by atoms with van der Waals surface area (Å²) < 4.78 is 44.5. The molecular weight excluding hydrogens is 335 g/mol. The summed E-state index contributed by atoms with van der Waals surface area (Å²) >= 11 is 0. The maximum Gasteiger partial charge on any atom is 0.409 e. The molecule has 8 heteroatoms. The molecule has 1 aromatic carbocycles. The molecule has 1 amide bonds. The second-order valence-electron chi connectivity index (χ2n) is 5.92. The van der Waals surface area contributed by atoms with Crippen LogP contribution in [-0.2, 0) is 16.0 Å². The Balaban J connectivity index is 1.76. The molecule has 0 spiro atoms. The van der Waals surface area contributed by atoms with Crippen molar-refractivity contribution in [3.8, 4) is 0 Å². The molecule has 1 unspecified atom stereocenters. The first kappa shape index (κ1) is 15.8. The Morgan fingerprint density at radius 1 is 1.28 bits per heavy atom. The first-order chi connectivity index (χ1) is 11.9. The van der Waals surface area contributed by atoms with Crippen LogP contribution in [-0.4, -0.2) is 30.2 Å². The molecule has 0 aromatic heterocycles. The predicted molar refractivity (Wildman–Crippen MR) is 84.7 cm³/mol. The van der Waals surface area contributed by atoms with E-state index in [4.69, 9.17) is 4.74 Å². The van der Waals surface area contributed by atoms with Gasteiger partial charge in [0.2, 0.25) is 11.8 Å². The number of amides is 1. The number of ether oxygens (including phenoxy) is 1. The lowest BCUT2D eigenvalue weighted by molar-refractivity contribution is -0.149. The molecule has 0 saturated carbocycles. The highest BCUT2D eigenvalue weighted by atomic mass is 19.4. The smallest absolute Gasteiger partial charge is 0.409 e. The molecule has 0 radical (unpaired) electrons. The van der Waals surface area contributed by atoms with Crippen LogP contribution in [0.25, 0.3) is 5.57 Å². The van der Waals surface area contributed by atoms with E-state index in [0.717, 1.165) is 22.9 Å². The van der Waals surface area contributed by atoms with E-state index in [1.54, 1.807) is 24.3 Å².